The number of carbonyl (C=O) groups is 1. The van der Waals surface area contributed by atoms with E-state index >= 15 is 0 Å². The number of rotatable bonds is 6. The smallest absolute Gasteiger partial charge is 0.243 e. The van der Waals surface area contributed by atoms with Crippen molar-refractivity contribution in [2.24, 2.45) is 17.8 Å². The molecule has 0 spiro atoms. The molecule has 38 heavy (non-hydrogen) atoms. The second-order valence-electron chi connectivity index (χ2n) is 12.3. The molecule has 204 valence electrons. The van der Waals surface area contributed by atoms with Crippen LogP contribution < -0.4 is 9.21 Å². The molecule has 8 heteroatoms. The summed E-state index contributed by atoms with van der Waals surface area (Å²) < 4.78 is 26.9. The van der Waals surface area contributed by atoms with Gasteiger partial charge in [-0.1, -0.05) is 29.8 Å². The van der Waals surface area contributed by atoms with E-state index in [9.17, 15) is 13.2 Å². The molecule has 0 unspecified atom stereocenters. The number of piperazine rings is 1. The Bertz CT molecular complexity index is 1280. The maximum Gasteiger partial charge on any atom is 0.243 e. The van der Waals surface area contributed by atoms with Crippen LogP contribution in [-0.4, -0.2) is 58.2 Å². The van der Waals surface area contributed by atoms with E-state index in [1.54, 1.807) is 4.90 Å². The number of aryl methyl sites for hydroxylation is 1. The summed E-state index contributed by atoms with van der Waals surface area (Å²) in [6, 6.07) is 14.0. The summed E-state index contributed by atoms with van der Waals surface area (Å²) in [6.45, 7) is 4.35. The molecule has 6 nitrogen and oxygen atoms in total. The minimum Gasteiger partial charge on any atom is -0.368 e. The Morgan fingerprint density at radius 1 is 0.947 bits per heavy atom. The van der Waals surface area contributed by atoms with Crippen molar-refractivity contribution >= 4 is 38.9 Å². The van der Waals surface area contributed by atoms with E-state index in [0.717, 1.165) is 29.0 Å². The average molecular weight is 556 g/mol. The van der Waals surface area contributed by atoms with E-state index in [0.29, 0.717) is 36.9 Å². The molecule has 4 bridgehead atoms. The van der Waals surface area contributed by atoms with Gasteiger partial charge in [0.25, 0.3) is 0 Å². The van der Waals surface area contributed by atoms with Crippen LogP contribution >= 0.6 is 11.6 Å². The number of sulfonamides is 1. The number of nitrogens with zero attached hydrogens (tertiary/aromatic N) is 3. The zero-order valence-corrected chi connectivity index (χ0v) is 24.0. The monoisotopic (exact) mass is 555 g/mol. The van der Waals surface area contributed by atoms with Crippen LogP contribution in [0.25, 0.3) is 0 Å². The summed E-state index contributed by atoms with van der Waals surface area (Å²) in [4.78, 5) is 17.3. The summed E-state index contributed by atoms with van der Waals surface area (Å²) >= 11 is 6.21. The Morgan fingerprint density at radius 2 is 1.53 bits per heavy atom. The van der Waals surface area contributed by atoms with Crippen LogP contribution in [0.4, 0.5) is 11.4 Å². The van der Waals surface area contributed by atoms with Gasteiger partial charge < -0.3 is 9.80 Å². The summed E-state index contributed by atoms with van der Waals surface area (Å²) in [5, 5.41) is 0.696. The maximum absolute atomic E-state index is 13.3. The summed E-state index contributed by atoms with van der Waals surface area (Å²) in [5.41, 5.74) is 4.42. The normalized spacial score (nSPS) is 28.6. The average Bonchev–Trinajstić information content (AvgIpc) is 2.87. The third-order valence-corrected chi connectivity index (χ3v) is 11.0. The molecule has 5 fully saturated rings. The third-order valence-electron chi connectivity index (χ3n) is 9.63. The van der Waals surface area contributed by atoms with Gasteiger partial charge in [0.2, 0.25) is 15.9 Å². The van der Waals surface area contributed by atoms with Crippen molar-refractivity contribution in [1.82, 2.24) is 4.90 Å². The lowest BCUT2D eigenvalue weighted by atomic mass is 9.48. The van der Waals surface area contributed by atoms with Crippen LogP contribution in [0.15, 0.2) is 42.5 Å². The zero-order chi connectivity index (χ0) is 26.7. The van der Waals surface area contributed by atoms with Gasteiger partial charge in [-0.05, 0) is 104 Å². The number of halogens is 1. The first kappa shape index (κ1) is 26.0. The van der Waals surface area contributed by atoms with Crippen molar-refractivity contribution in [2.75, 3.05) is 48.2 Å². The Balaban J connectivity index is 1.14. The standard InChI is InChI=1S/C30H38ClN3O3S/c1-21-3-6-26(31)16-28(21)32-9-11-33(12-10-32)29(35)20-34(38(2,36)37)27-7-4-25(5-8-27)30-17-22-13-23(18-30)15-24(14-22)19-30/h3-8,16,22-24H,9-15,17-20H2,1-2H3. The fourth-order valence-corrected chi connectivity index (χ4v) is 9.20. The molecule has 1 amide bonds. The van der Waals surface area contributed by atoms with Crippen molar-refractivity contribution in [2.45, 2.75) is 50.9 Å². The summed E-state index contributed by atoms with van der Waals surface area (Å²) in [7, 11) is -3.61. The van der Waals surface area contributed by atoms with E-state index in [1.165, 1.54) is 54.6 Å². The Labute approximate surface area is 232 Å². The van der Waals surface area contributed by atoms with Crippen LogP contribution in [0.5, 0.6) is 0 Å². The lowest BCUT2D eigenvalue weighted by Gasteiger charge is -2.57. The molecule has 0 atom stereocenters. The molecule has 0 N–H and O–H groups in total. The van der Waals surface area contributed by atoms with Gasteiger partial charge in [-0.3, -0.25) is 9.10 Å². The topological polar surface area (TPSA) is 60.9 Å². The molecule has 0 radical (unpaired) electrons. The molecule has 4 aliphatic carbocycles. The van der Waals surface area contributed by atoms with Crippen LogP contribution in [0.1, 0.15) is 49.7 Å². The zero-order valence-electron chi connectivity index (χ0n) is 22.4. The fraction of sp³-hybridized carbons (Fsp3) is 0.567. The van der Waals surface area contributed by atoms with Gasteiger partial charge >= 0.3 is 0 Å². The van der Waals surface area contributed by atoms with Gasteiger partial charge in [-0.15, -0.1) is 0 Å². The molecule has 0 aromatic heterocycles. The van der Waals surface area contributed by atoms with Gasteiger partial charge in [0.1, 0.15) is 6.54 Å². The highest BCUT2D eigenvalue weighted by Crippen LogP contribution is 2.60. The largest absolute Gasteiger partial charge is 0.368 e. The number of benzene rings is 2. The highest BCUT2D eigenvalue weighted by Gasteiger charge is 2.51. The minimum atomic E-state index is -3.61. The van der Waals surface area contributed by atoms with Gasteiger partial charge in [0.05, 0.1) is 11.9 Å². The van der Waals surface area contributed by atoms with Crippen molar-refractivity contribution in [1.29, 1.82) is 0 Å². The number of carbonyl (C=O) groups excluding carboxylic acids is 1. The molecule has 1 saturated heterocycles. The Kier molecular flexibility index (Phi) is 6.66. The molecule has 5 aliphatic rings. The van der Waals surface area contributed by atoms with Crippen molar-refractivity contribution in [3.8, 4) is 0 Å². The van der Waals surface area contributed by atoms with E-state index < -0.39 is 10.0 Å². The maximum atomic E-state index is 13.3. The lowest BCUT2D eigenvalue weighted by molar-refractivity contribution is -0.129. The van der Waals surface area contributed by atoms with E-state index in [2.05, 4.69) is 24.0 Å². The minimum absolute atomic E-state index is 0.164. The highest BCUT2D eigenvalue weighted by atomic mass is 35.5. The lowest BCUT2D eigenvalue weighted by Crippen LogP contribution is -2.52. The van der Waals surface area contributed by atoms with Crippen molar-refractivity contribution in [3.63, 3.8) is 0 Å². The van der Waals surface area contributed by atoms with Crippen LogP contribution in [0.3, 0.4) is 0 Å². The Morgan fingerprint density at radius 3 is 2.08 bits per heavy atom. The summed E-state index contributed by atoms with van der Waals surface area (Å²) in [5.74, 6) is 2.40. The van der Waals surface area contributed by atoms with Gasteiger partial charge in [-0.25, -0.2) is 8.42 Å². The molecule has 2 aromatic rings. The van der Waals surface area contributed by atoms with E-state index in [1.807, 2.05) is 30.3 Å². The van der Waals surface area contributed by atoms with Crippen LogP contribution in [-0.2, 0) is 20.2 Å². The first-order chi connectivity index (χ1) is 18.1. The fourth-order valence-electron chi connectivity index (χ4n) is 8.19. The van der Waals surface area contributed by atoms with Crippen LogP contribution in [0.2, 0.25) is 5.02 Å². The molecule has 4 saturated carbocycles. The van der Waals surface area contributed by atoms with Crippen molar-refractivity contribution < 1.29 is 13.2 Å². The SMILES string of the molecule is Cc1ccc(Cl)cc1N1CCN(C(=O)CN(c2ccc(C34CC5CC(CC(C5)C3)C4)cc2)S(C)(=O)=O)CC1. The van der Waals surface area contributed by atoms with Gasteiger partial charge in [0, 0.05) is 36.9 Å². The number of hydrogen-bond donors (Lipinski definition) is 0. The quantitative estimate of drug-likeness (QED) is 0.489. The Hall–Kier alpha value is -2.25. The van der Waals surface area contributed by atoms with E-state index in [-0.39, 0.29) is 17.9 Å². The number of amides is 1. The predicted molar refractivity (Wildman–Crippen MR) is 153 cm³/mol. The highest BCUT2D eigenvalue weighted by molar-refractivity contribution is 7.92. The molecule has 2 aromatic carbocycles. The van der Waals surface area contributed by atoms with Crippen LogP contribution in [0, 0.1) is 24.7 Å². The second-order valence-corrected chi connectivity index (χ2v) is 14.7. The first-order valence-corrected chi connectivity index (χ1v) is 16.2. The van der Waals surface area contributed by atoms with E-state index in [4.69, 9.17) is 11.6 Å². The second kappa shape index (κ2) is 9.74. The van der Waals surface area contributed by atoms with Gasteiger partial charge in [-0.2, -0.15) is 0 Å². The van der Waals surface area contributed by atoms with Crippen molar-refractivity contribution in [3.05, 3.63) is 58.6 Å². The first-order valence-electron chi connectivity index (χ1n) is 14.0. The number of anilines is 2. The molecular formula is C30H38ClN3O3S. The van der Waals surface area contributed by atoms with Gasteiger partial charge in [0.15, 0.2) is 0 Å². The predicted octanol–water partition coefficient (Wildman–Crippen LogP) is 5.23. The molecule has 1 aliphatic heterocycles. The summed E-state index contributed by atoms with van der Waals surface area (Å²) in [6.07, 6.45) is 9.19. The molecule has 1 heterocycles. The molecule has 7 rings (SSSR count). The third kappa shape index (κ3) is 4.92. The number of hydrogen-bond acceptors (Lipinski definition) is 4. The molecular weight excluding hydrogens is 518 g/mol.